The van der Waals surface area contributed by atoms with Crippen molar-refractivity contribution in [3.05, 3.63) is 82.9 Å². The lowest BCUT2D eigenvalue weighted by molar-refractivity contribution is 0.0782. The molecule has 0 saturated carbocycles. The van der Waals surface area contributed by atoms with Crippen molar-refractivity contribution in [1.82, 2.24) is 14.5 Å². The SMILES string of the molecule is COC(=O)N(C)[C@H](C(=O)c1nccn1-c1ccccc1C)c1ccccc1Cl. The van der Waals surface area contributed by atoms with Crippen LogP contribution >= 0.6 is 11.6 Å². The number of benzene rings is 2. The van der Waals surface area contributed by atoms with E-state index in [4.69, 9.17) is 16.3 Å². The molecule has 0 radical (unpaired) electrons. The fourth-order valence-corrected chi connectivity index (χ4v) is 3.35. The number of nitrogens with zero attached hydrogens (tertiary/aromatic N) is 3. The van der Waals surface area contributed by atoms with E-state index in [0.29, 0.717) is 10.6 Å². The topological polar surface area (TPSA) is 64.4 Å². The fraction of sp³-hybridized carbons (Fsp3) is 0.190. The van der Waals surface area contributed by atoms with Gasteiger partial charge in [0.1, 0.15) is 6.04 Å². The molecule has 2 aromatic carbocycles. The maximum Gasteiger partial charge on any atom is 0.410 e. The number of carbonyl (C=O) groups excluding carboxylic acids is 2. The molecule has 1 heterocycles. The molecular weight excluding hydrogens is 378 g/mol. The van der Waals surface area contributed by atoms with E-state index in [-0.39, 0.29) is 11.6 Å². The zero-order valence-electron chi connectivity index (χ0n) is 15.8. The van der Waals surface area contributed by atoms with Crippen LogP contribution in [-0.2, 0) is 4.74 Å². The number of ketones is 1. The summed E-state index contributed by atoms with van der Waals surface area (Å²) in [5.41, 5.74) is 2.33. The first-order valence-electron chi connectivity index (χ1n) is 8.64. The van der Waals surface area contributed by atoms with Gasteiger partial charge in [0.05, 0.1) is 12.8 Å². The van der Waals surface area contributed by atoms with Crippen LogP contribution in [0.1, 0.15) is 27.8 Å². The molecule has 0 fully saturated rings. The average Bonchev–Trinajstić information content (AvgIpc) is 3.18. The Balaban J connectivity index is 2.12. The molecule has 0 unspecified atom stereocenters. The van der Waals surface area contributed by atoms with E-state index in [2.05, 4.69) is 4.98 Å². The largest absolute Gasteiger partial charge is 0.453 e. The molecule has 1 amide bonds. The number of likely N-dealkylation sites (N-methyl/N-ethyl adjacent to an activating group) is 1. The summed E-state index contributed by atoms with van der Waals surface area (Å²) in [6, 6.07) is 13.6. The van der Waals surface area contributed by atoms with Gasteiger partial charge in [-0.15, -0.1) is 0 Å². The van der Waals surface area contributed by atoms with E-state index in [1.165, 1.54) is 19.1 Å². The second-order valence-electron chi connectivity index (χ2n) is 6.28. The summed E-state index contributed by atoms with van der Waals surface area (Å²) in [5, 5.41) is 0.380. The number of hydrogen-bond donors (Lipinski definition) is 0. The highest BCUT2D eigenvalue weighted by Gasteiger charge is 2.34. The molecule has 0 aliphatic carbocycles. The van der Waals surface area contributed by atoms with Gasteiger partial charge in [-0.25, -0.2) is 9.78 Å². The number of Topliss-reactive ketones (excluding diaryl/α,β-unsaturated/α-hetero) is 1. The quantitative estimate of drug-likeness (QED) is 0.596. The van der Waals surface area contributed by atoms with Gasteiger partial charge in [0, 0.05) is 30.0 Å². The monoisotopic (exact) mass is 397 g/mol. The van der Waals surface area contributed by atoms with Crippen LogP contribution in [0.5, 0.6) is 0 Å². The number of ether oxygens (including phenoxy) is 1. The van der Waals surface area contributed by atoms with Gasteiger partial charge < -0.3 is 4.74 Å². The van der Waals surface area contributed by atoms with E-state index in [1.54, 1.807) is 41.2 Å². The first kappa shape index (κ1) is 19.6. The van der Waals surface area contributed by atoms with Crippen LogP contribution in [0.2, 0.25) is 5.02 Å². The number of hydrogen-bond acceptors (Lipinski definition) is 4. The minimum atomic E-state index is -0.980. The molecule has 0 aliphatic heterocycles. The van der Waals surface area contributed by atoms with Crippen LogP contribution in [0.3, 0.4) is 0 Å². The zero-order valence-corrected chi connectivity index (χ0v) is 16.6. The number of halogens is 1. The van der Waals surface area contributed by atoms with Crippen molar-refractivity contribution >= 4 is 23.5 Å². The molecule has 0 bridgehead atoms. The van der Waals surface area contributed by atoms with Crippen LogP contribution in [-0.4, -0.2) is 40.5 Å². The predicted octanol–water partition coefficient (Wildman–Crippen LogP) is 4.46. The van der Waals surface area contributed by atoms with Crippen molar-refractivity contribution in [2.24, 2.45) is 0 Å². The lowest BCUT2D eigenvalue weighted by Crippen LogP contribution is -2.37. The summed E-state index contributed by atoms with van der Waals surface area (Å²) in [5.74, 6) is -0.163. The number of para-hydroxylation sites is 1. The number of rotatable bonds is 5. The number of imidazole rings is 1. The van der Waals surface area contributed by atoms with Crippen molar-refractivity contribution in [3.8, 4) is 5.69 Å². The van der Waals surface area contributed by atoms with E-state index in [0.717, 1.165) is 11.3 Å². The molecular formula is C21H20ClN3O3. The van der Waals surface area contributed by atoms with E-state index in [9.17, 15) is 9.59 Å². The molecule has 144 valence electrons. The molecule has 1 aromatic heterocycles. The Morgan fingerprint density at radius 1 is 1.14 bits per heavy atom. The first-order valence-corrected chi connectivity index (χ1v) is 9.02. The number of aryl methyl sites for hydroxylation is 1. The molecule has 6 nitrogen and oxygen atoms in total. The van der Waals surface area contributed by atoms with E-state index < -0.39 is 12.1 Å². The standard InChI is InChI=1S/C21H20ClN3O3/c1-14-8-4-7-11-17(14)25-13-12-23-20(25)19(26)18(24(2)21(27)28-3)15-9-5-6-10-16(15)22/h4-13,18H,1-3H3/t18-/m0/s1. The molecule has 28 heavy (non-hydrogen) atoms. The lowest BCUT2D eigenvalue weighted by Gasteiger charge is -2.27. The molecule has 3 rings (SSSR count). The van der Waals surface area contributed by atoms with Gasteiger partial charge in [0.25, 0.3) is 0 Å². The van der Waals surface area contributed by atoms with Crippen molar-refractivity contribution in [2.75, 3.05) is 14.2 Å². The summed E-state index contributed by atoms with van der Waals surface area (Å²) in [7, 11) is 2.76. The highest BCUT2D eigenvalue weighted by atomic mass is 35.5. The molecule has 0 saturated heterocycles. The van der Waals surface area contributed by atoms with Gasteiger partial charge in [-0.1, -0.05) is 48.0 Å². The molecule has 0 aliphatic rings. The summed E-state index contributed by atoms with van der Waals surface area (Å²) < 4.78 is 6.54. The van der Waals surface area contributed by atoms with Crippen LogP contribution in [0.15, 0.2) is 60.9 Å². The number of methoxy groups -OCH3 is 1. The maximum atomic E-state index is 13.5. The smallest absolute Gasteiger partial charge is 0.410 e. The first-order chi connectivity index (χ1) is 13.5. The van der Waals surface area contributed by atoms with E-state index >= 15 is 0 Å². The van der Waals surface area contributed by atoms with Crippen molar-refractivity contribution in [3.63, 3.8) is 0 Å². The van der Waals surface area contributed by atoms with Crippen molar-refractivity contribution in [1.29, 1.82) is 0 Å². The van der Waals surface area contributed by atoms with E-state index in [1.807, 2.05) is 31.2 Å². The van der Waals surface area contributed by atoms with Gasteiger partial charge >= 0.3 is 6.09 Å². The maximum absolute atomic E-state index is 13.5. The minimum Gasteiger partial charge on any atom is -0.453 e. The normalized spacial score (nSPS) is 11.7. The minimum absolute atomic E-state index is 0.204. The Kier molecular flexibility index (Phi) is 5.80. The zero-order chi connectivity index (χ0) is 20.3. The number of carbonyl (C=O) groups is 2. The Labute approximate surface area is 168 Å². The lowest BCUT2D eigenvalue weighted by atomic mass is 10.0. The van der Waals surface area contributed by atoms with Gasteiger partial charge in [-0.05, 0) is 24.6 Å². The number of amides is 1. The fourth-order valence-electron chi connectivity index (χ4n) is 3.11. The molecule has 0 N–H and O–H groups in total. The Bertz CT molecular complexity index is 1020. The van der Waals surface area contributed by atoms with Crippen LogP contribution in [0, 0.1) is 6.92 Å². The molecule has 0 spiro atoms. The molecule has 3 aromatic rings. The highest BCUT2D eigenvalue weighted by molar-refractivity contribution is 6.31. The predicted molar refractivity (Wildman–Crippen MR) is 107 cm³/mol. The number of aromatic nitrogens is 2. The average molecular weight is 398 g/mol. The summed E-state index contributed by atoms with van der Waals surface area (Å²) in [6.07, 6.45) is 2.63. The van der Waals surface area contributed by atoms with Crippen molar-refractivity contribution in [2.45, 2.75) is 13.0 Å². The second-order valence-corrected chi connectivity index (χ2v) is 6.68. The third kappa shape index (κ3) is 3.64. The molecule has 7 heteroatoms. The Hall–Kier alpha value is -3.12. The van der Waals surface area contributed by atoms with Gasteiger partial charge in [-0.3, -0.25) is 14.3 Å². The van der Waals surface area contributed by atoms with Crippen LogP contribution in [0.4, 0.5) is 4.79 Å². The van der Waals surface area contributed by atoms with Crippen LogP contribution in [0.25, 0.3) is 5.69 Å². The van der Waals surface area contributed by atoms with Gasteiger partial charge in [-0.2, -0.15) is 0 Å². The highest BCUT2D eigenvalue weighted by Crippen LogP contribution is 2.30. The molecule has 1 atom stereocenters. The summed E-state index contributed by atoms with van der Waals surface area (Å²) in [4.78, 5) is 31.2. The summed E-state index contributed by atoms with van der Waals surface area (Å²) >= 11 is 6.34. The summed E-state index contributed by atoms with van der Waals surface area (Å²) in [6.45, 7) is 1.95. The Morgan fingerprint density at radius 3 is 2.50 bits per heavy atom. The third-order valence-corrected chi connectivity index (χ3v) is 4.88. The van der Waals surface area contributed by atoms with Gasteiger partial charge in [0.2, 0.25) is 5.78 Å². The van der Waals surface area contributed by atoms with Gasteiger partial charge in [0.15, 0.2) is 5.82 Å². The Morgan fingerprint density at radius 2 is 1.82 bits per heavy atom. The van der Waals surface area contributed by atoms with Crippen LogP contribution < -0.4 is 0 Å². The van der Waals surface area contributed by atoms with Crippen molar-refractivity contribution < 1.29 is 14.3 Å². The third-order valence-electron chi connectivity index (χ3n) is 4.53. The second kappa shape index (κ2) is 8.27.